The van der Waals surface area contributed by atoms with Crippen LogP contribution in [0.3, 0.4) is 0 Å². The number of fused-ring (bicyclic) bond motifs is 1. The van der Waals surface area contributed by atoms with Crippen LogP contribution in [0.15, 0.2) is 30.3 Å². The Morgan fingerprint density at radius 1 is 1.00 bits per heavy atom. The molecule has 2 heterocycles. The van der Waals surface area contributed by atoms with E-state index >= 15 is 0 Å². The van der Waals surface area contributed by atoms with Crippen molar-refractivity contribution in [1.82, 2.24) is 20.2 Å². The lowest BCUT2D eigenvalue weighted by Gasteiger charge is -2.33. The lowest BCUT2D eigenvalue weighted by molar-refractivity contribution is -0.143. The van der Waals surface area contributed by atoms with Crippen molar-refractivity contribution in [3.05, 3.63) is 63.7 Å². The maximum Gasteiger partial charge on any atom is 0.416 e. The molecule has 234 valence electrons. The van der Waals surface area contributed by atoms with Gasteiger partial charge >= 0.3 is 18.4 Å². The summed E-state index contributed by atoms with van der Waals surface area (Å²) < 4.78 is 87.8. The summed E-state index contributed by atoms with van der Waals surface area (Å²) in [5, 5.41) is 12.2. The summed E-state index contributed by atoms with van der Waals surface area (Å²) in [6.45, 7) is 9.34. The largest absolute Gasteiger partial charge is 0.446 e. The van der Waals surface area contributed by atoms with Gasteiger partial charge < -0.3 is 9.64 Å². The molecule has 0 radical (unpaired) electrons. The Hall–Kier alpha value is -3.84. The van der Waals surface area contributed by atoms with Gasteiger partial charge in [-0.25, -0.2) is 4.79 Å². The third kappa shape index (κ3) is 7.21. The summed E-state index contributed by atoms with van der Waals surface area (Å²) in [4.78, 5) is 17.6. The van der Waals surface area contributed by atoms with Crippen molar-refractivity contribution in [2.45, 2.75) is 78.5 Å². The topological polar surface area (TPSA) is 76.4 Å². The molecule has 1 amide bonds. The van der Waals surface area contributed by atoms with Crippen LogP contribution in [-0.2, 0) is 30.7 Å². The second-order valence-electron chi connectivity index (χ2n) is 11.3. The van der Waals surface area contributed by atoms with Gasteiger partial charge in [-0.3, -0.25) is 4.90 Å². The number of aromatic nitrogens is 4. The van der Waals surface area contributed by atoms with Crippen molar-refractivity contribution in [1.29, 1.82) is 0 Å². The molecule has 2 aromatic carbocycles. The molecule has 3 aromatic rings. The molecule has 0 fully saturated rings. The van der Waals surface area contributed by atoms with Crippen molar-refractivity contribution in [3.63, 3.8) is 0 Å². The van der Waals surface area contributed by atoms with Crippen molar-refractivity contribution in [2.75, 3.05) is 16.3 Å². The molecule has 2 atom stereocenters. The van der Waals surface area contributed by atoms with Gasteiger partial charge in [-0.2, -0.15) is 31.1 Å². The fraction of sp³-hybridized carbons (Fsp3) is 0.517. The van der Waals surface area contributed by atoms with E-state index in [0.29, 0.717) is 42.8 Å². The molecule has 14 heteroatoms. The second kappa shape index (κ2) is 12.0. The molecule has 8 nitrogen and oxygen atoms in total. The number of amides is 1. The third-order valence-corrected chi connectivity index (χ3v) is 7.73. The highest BCUT2D eigenvalue weighted by atomic mass is 19.4. The fourth-order valence-electron chi connectivity index (χ4n) is 4.93. The molecule has 0 saturated heterocycles. The van der Waals surface area contributed by atoms with Crippen LogP contribution in [0.1, 0.15) is 73.0 Å². The van der Waals surface area contributed by atoms with Crippen molar-refractivity contribution >= 4 is 17.7 Å². The minimum atomic E-state index is -5.00. The molecule has 0 bridgehead atoms. The maximum atomic E-state index is 13.7. The zero-order valence-electron chi connectivity index (χ0n) is 24.7. The lowest BCUT2D eigenvalue weighted by Crippen LogP contribution is -2.36. The fourth-order valence-corrected chi connectivity index (χ4v) is 4.93. The Morgan fingerprint density at radius 2 is 1.60 bits per heavy atom. The van der Waals surface area contributed by atoms with E-state index in [1.807, 2.05) is 39.8 Å². The zero-order chi connectivity index (χ0) is 31.9. The average molecular weight is 613 g/mol. The molecule has 0 spiro atoms. The number of hydrogen-bond acceptors (Lipinski definition) is 6. The molecule has 0 saturated carbocycles. The molecule has 1 aliphatic rings. The molecule has 4 rings (SSSR count). The van der Waals surface area contributed by atoms with E-state index < -0.39 is 35.6 Å². The van der Waals surface area contributed by atoms with Gasteiger partial charge in [-0.05, 0) is 91.3 Å². The second-order valence-corrected chi connectivity index (χ2v) is 11.3. The maximum absolute atomic E-state index is 13.7. The Kier molecular flexibility index (Phi) is 8.98. The highest BCUT2D eigenvalue weighted by molar-refractivity contribution is 5.89. The predicted octanol–water partition coefficient (Wildman–Crippen LogP) is 7.39. The first-order valence-electron chi connectivity index (χ1n) is 13.8. The van der Waals surface area contributed by atoms with Gasteiger partial charge in [0, 0.05) is 13.1 Å². The van der Waals surface area contributed by atoms with E-state index in [0.717, 1.165) is 15.9 Å². The van der Waals surface area contributed by atoms with Crippen LogP contribution in [0.2, 0.25) is 0 Å². The highest BCUT2D eigenvalue weighted by Gasteiger charge is 2.38. The Balaban J connectivity index is 1.85. The van der Waals surface area contributed by atoms with Gasteiger partial charge in [0.25, 0.3) is 5.95 Å². The van der Waals surface area contributed by atoms with E-state index in [9.17, 15) is 31.1 Å². The van der Waals surface area contributed by atoms with Gasteiger partial charge in [-0.1, -0.05) is 25.0 Å². The van der Waals surface area contributed by atoms with Crippen LogP contribution in [0.25, 0.3) is 0 Å². The van der Waals surface area contributed by atoms with Crippen molar-refractivity contribution < 1.29 is 35.9 Å². The number of nitrogens with zero attached hydrogens (tertiary/aromatic N) is 6. The minimum Gasteiger partial charge on any atom is -0.446 e. The van der Waals surface area contributed by atoms with E-state index in [1.54, 1.807) is 11.8 Å². The van der Waals surface area contributed by atoms with E-state index in [1.165, 1.54) is 11.9 Å². The van der Waals surface area contributed by atoms with Gasteiger partial charge in [0.05, 0.1) is 29.9 Å². The first-order chi connectivity index (χ1) is 20.0. The quantitative estimate of drug-likeness (QED) is 0.270. The van der Waals surface area contributed by atoms with Gasteiger partial charge in [0.1, 0.15) is 6.10 Å². The molecule has 1 aromatic heterocycles. The summed E-state index contributed by atoms with van der Waals surface area (Å²) in [5.41, 5.74) is -0.0847. The number of ether oxygens (including phenoxy) is 1. The Morgan fingerprint density at radius 3 is 2.14 bits per heavy atom. The first kappa shape index (κ1) is 32.1. The monoisotopic (exact) mass is 612 g/mol. The Bertz CT molecular complexity index is 1440. The summed E-state index contributed by atoms with van der Waals surface area (Å²) in [6.07, 6.45) is -10.0. The van der Waals surface area contributed by atoms with E-state index in [2.05, 4.69) is 15.4 Å². The molecule has 0 N–H and O–H groups in total. The van der Waals surface area contributed by atoms with Crippen LogP contribution in [0, 0.1) is 19.8 Å². The smallest absolute Gasteiger partial charge is 0.416 e. The molecular formula is C29H34F6N6O2. The van der Waals surface area contributed by atoms with Crippen LogP contribution in [-0.4, -0.2) is 38.9 Å². The normalized spacial score (nSPS) is 16.6. The number of tetrazole rings is 1. The third-order valence-electron chi connectivity index (χ3n) is 7.73. The number of carbonyl (C=O) groups is 1. The van der Waals surface area contributed by atoms with Crippen LogP contribution in [0.5, 0.6) is 0 Å². The summed E-state index contributed by atoms with van der Waals surface area (Å²) >= 11 is 0. The van der Waals surface area contributed by atoms with Crippen molar-refractivity contribution in [2.24, 2.45) is 13.0 Å². The van der Waals surface area contributed by atoms with Crippen LogP contribution < -0.4 is 9.80 Å². The van der Waals surface area contributed by atoms with Gasteiger partial charge in [0.2, 0.25) is 0 Å². The van der Waals surface area contributed by atoms with Crippen molar-refractivity contribution in [3.8, 4) is 0 Å². The van der Waals surface area contributed by atoms with Crippen LogP contribution in [0.4, 0.5) is 42.8 Å². The Labute approximate surface area is 245 Å². The standard InChI is InChI=1S/C29H34F6N6O2/c1-16(2)19(5)43-27(42)40-9-7-8-24(23-10-17(3)18(4)11-25(23)40)41(26-36-38-39(6)37-26)15-20-12-21(28(30,31)32)14-22(13-20)29(33,34)35/h10-14,16,19,24H,7-9,15H2,1-6H3/t19?,24-/m0/s1. The number of anilines is 2. The zero-order valence-corrected chi connectivity index (χ0v) is 24.7. The minimum absolute atomic E-state index is 0.0205. The number of halogens is 6. The van der Waals surface area contributed by atoms with E-state index in [-0.39, 0.29) is 36.1 Å². The summed E-state index contributed by atoms with van der Waals surface area (Å²) in [6, 6.07) is 4.61. The predicted molar refractivity (Wildman–Crippen MR) is 147 cm³/mol. The van der Waals surface area contributed by atoms with Gasteiger partial charge in [0.15, 0.2) is 0 Å². The lowest BCUT2D eigenvalue weighted by atomic mass is 9.95. The number of benzene rings is 2. The SMILES string of the molecule is Cc1cc2c(cc1C)N(C(=O)OC(C)C(C)C)CCC[C@@H]2N(Cc1cc(C(F)(F)F)cc(C(F)(F)F)c1)c1nnn(C)n1. The van der Waals surface area contributed by atoms with Crippen LogP contribution >= 0.6 is 0 Å². The first-order valence-corrected chi connectivity index (χ1v) is 13.8. The average Bonchev–Trinajstić information content (AvgIpc) is 3.25. The number of hydrogen-bond donors (Lipinski definition) is 0. The highest BCUT2D eigenvalue weighted by Crippen LogP contribution is 2.42. The molecule has 1 unspecified atom stereocenters. The molecule has 0 aliphatic carbocycles. The molecule has 43 heavy (non-hydrogen) atoms. The summed E-state index contributed by atoms with van der Waals surface area (Å²) in [5.74, 6) is 0.0993. The number of aryl methyl sites for hydroxylation is 3. The number of alkyl halides is 6. The molecule has 1 aliphatic heterocycles. The number of carbonyl (C=O) groups excluding carboxylic acids is 1. The summed E-state index contributed by atoms with van der Waals surface area (Å²) in [7, 11) is 1.50. The molecular weight excluding hydrogens is 578 g/mol. The van der Waals surface area contributed by atoms with Gasteiger partial charge in [-0.15, -0.1) is 5.10 Å². The number of rotatable bonds is 6. The van der Waals surface area contributed by atoms with E-state index in [4.69, 9.17) is 4.74 Å².